The minimum absolute atomic E-state index is 0.0612. The minimum atomic E-state index is -5.08. The molecule has 0 saturated carbocycles. The molecule has 2 aromatic carbocycles. The number of hydrogen-bond donors (Lipinski definition) is 2. The van der Waals surface area contributed by atoms with E-state index in [1.807, 2.05) is 0 Å². The zero-order valence-corrected chi connectivity index (χ0v) is 18.9. The first-order valence-corrected chi connectivity index (χ1v) is 9.66. The molecule has 11 nitrogen and oxygen atoms in total. The molecule has 2 aromatic rings. The number of nitro groups is 1. The number of ether oxygens (including phenoxy) is 4. The molecule has 0 heterocycles. The van der Waals surface area contributed by atoms with Gasteiger partial charge in [0.2, 0.25) is 5.75 Å². The van der Waals surface area contributed by atoms with Crippen LogP contribution in [0, 0.1) is 10.1 Å². The third kappa shape index (κ3) is 6.96. The van der Waals surface area contributed by atoms with Gasteiger partial charge in [-0.1, -0.05) is 6.07 Å². The second kappa shape index (κ2) is 11.7. The quantitative estimate of drug-likeness (QED) is 0.160. The van der Waals surface area contributed by atoms with Crippen LogP contribution in [0.15, 0.2) is 42.1 Å². The normalized spacial score (nSPS) is 11.7. The second-order valence-electron chi connectivity index (χ2n) is 6.68. The summed E-state index contributed by atoms with van der Waals surface area (Å²) in [6.07, 6.45) is -2.68. The fourth-order valence-corrected chi connectivity index (χ4v) is 2.93. The van der Waals surface area contributed by atoms with Gasteiger partial charge in [0, 0.05) is 23.3 Å². The molecule has 0 aromatic heterocycles. The van der Waals surface area contributed by atoms with Crippen molar-refractivity contribution in [1.29, 1.82) is 0 Å². The van der Waals surface area contributed by atoms with E-state index in [0.29, 0.717) is 6.08 Å². The summed E-state index contributed by atoms with van der Waals surface area (Å²) >= 11 is 0. The molecule has 0 spiro atoms. The number of halogens is 3. The van der Waals surface area contributed by atoms with Crippen LogP contribution in [-0.4, -0.2) is 49.5 Å². The molecule has 0 bridgehead atoms. The number of carbonyl (C=O) groups is 2. The number of allylic oxidation sites excluding steroid dienone is 1. The van der Waals surface area contributed by atoms with E-state index in [9.17, 15) is 32.9 Å². The molecule has 36 heavy (non-hydrogen) atoms. The Hall–Kier alpha value is -4.59. The Bertz CT molecular complexity index is 1200. The number of Topliss-reactive ketones (excluding diaryl/α,β-unsaturated/α-hetero) is 1. The van der Waals surface area contributed by atoms with Crippen molar-refractivity contribution in [3.63, 3.8) is 0 Å². The van der Waals surface area contributed by atoms with E-state index >= 15 is 0 Å². The van der Waals surface area contributed by atoms with Gasteiger partial charge in [-0.05, 0) is 35.9 Å². The van der Waals surface area contributed by atoms with Crippen LogP contribution in [0.3, 0.4) is 0 Å². The van der Waals surface area contributed by atoms with E-state index in [2.05, 4.69) is 4.74 Å². The second-order valence-corrected chi connectivity index (χ2v) is 6.68. The average Bonchev–Trinajstić information content (AvgIpc) is 2.84. The molecule has 0 aliphatic heterocycles. The van der Waals surface area contributed by atoms with Gasteiger partial charge >= 0.3 is 12.1 Å². The number of nitrogens with zero attached hydrogens (tertiary/aromatic N) is 1. The minimum Gasteiger partial charge on any atom is -0.493 e. The molecule has 0 aliphatic carbocycles. The van der Waals surface area contributed by atoms with Crippen LogP contribution in [0.4, 0.5) is 13.2 Å². The standard InChI is InChI=1S/C22H19F3N2O9/c1-33-17-10-14(11-18(34-2)21(17)35-3)20(29)15(27(31)32)9-12-4-6-16(36-22(23,24)25)13(8-12)5-7-19(28)26-30/h4-11,30H,1-3H3,(H,26,28). The van der Waals surface area contributed by atoms with E-state index in [1.54, 1.807) is 0 Å². The molecule has 192 valence electrons. The molecule has 0 unspecified atom stereocenters. The van der Waals surface area contributed by atoms with Gasteiger partial charge in [-0.25, -0.2) is 5.48 Å². The largest absolute Gasteiger partial charge is 0.573 e. The summed E-state index contributed by atoms with van der Waals surface area (Å²) in [5.41, 5.74) is -0.258. The molecule has 2 rings (SSSR count). The molecule has 0 radical (unpaired) electrons. The Labute approximate surface area is 201 Å². The van der Waals surface area contributed by atoms with Gasteiger partial charge in [0.25, 0.3) is 11.7 Å². The van der Waals surface area contributed by atoms with Crippen LogP contribution in [0.2, 0.25) is 0 Å². The monoisotopic (exact) mass is 512 g/mol. The topological polar surface area (TPSA) is 146 Å². The van der Waals surface area contributed by atoms with Gasteiger partial charge in [-0.2, -0.15) is 0 Å². The first kappa shape index (κ1) is 27.7. The first-order valence-electron chi connectivity index (χ1n) is 9.66. The van der Waals surface area contributed by atoms with Crippen LogP contribution in [-0.2, 0) is 4.79 Å². The molecule has 0 fully saturated rings. The molecular weight excluding hydrogens is 493 g/mol. The zero-order valence-electron chi connectivity index (χ0n) is 18.9. The number of hydrogen-bond acceptors (Lipinski definition) is 9. The van der Waals surface area contributed by atoms with Crippen molar-refractivity contribution in [2.45, 2.75) is 6.36 Å². The molecule has 0 atom stereocenters. The smallest absolute Gasteiger partial charge is 0.493 e. The Morgan fingerprint density at radius 2 is 1.64 bits per heavy atom. The highest BCUT2D eigenvalue weighted by atomic mass is 19.4. The lowest BCUT2D eigenvalue weighted by Gasteiger charge is -2.13. The van der Waals surface area contributed by atoms with Crippen molar-refractivity contribution >= 4 is 23.8 Å². The maximum absolute atomic E-state index is 13.0. The molecular formula is C22H19F3N2O9. The SMILES string of the molecule is COc1cc(C(=O)C(=Cc2ccc(OC(F)(F)F)c(C=CC(=O)NO)c2)[N+](=O)[O-])cc(OC)c1OC. The predicted molar refractivity (Wildman–Crippen MR) is 117 cm³/mol. The van der Waals surface area contributed by atoms with Crippen molar-refractivity contribution < 1.29 is 51.8 Å². The van der Waals surface area contributed by atoms with Crippen LogP contribution >= 0.6 is 0 Å². The van der Waals surface area contributed by atoms with Gasteiger partial charge in [0.05, 0.1) is 26.3 Å². The summed E-state index contributed by atoms with van der Waals surface area (Å²) in [6, 6.07) is 5.29. The summed E-state index contributed by atoms with van der Waals surface area (Å²) in [6.45, 7) is 0. The summed E-state index contributed by atoms with van der Waals surface area (Å²) < 4.78 is 57.5. The highest BCUT2D eigenvalue weighted by Crippen LogP contribution is 2.39. The lowest BCUT2D eigenvalue weighted by molar-refractivity contribution is -0.415. The Morgan fingerprint density at radius 3 is 2.11 bits per heavy atom. The van der Waals surface area contributed by atoms with Gasteiger partial charge in [-0.15, -0.1) is 13.2 Å². The van der Waals surface area contributed by atoms with E-state index in [4.69, 9.17) is 19.4 Å². The first-order chi connectivity index (χ1) is 16.9. The van der Waals surface area contributed by atoms with Crippen LogP contribution in [0.25, 0.3) is 12.2 Å². The lowest BCUT2D eigenvalue weighted by atomic mass is 10.0. The van der Waals surface area contributed by atoms with Crippen molar-refractivity contribution in [3.05, 3.63) is 68.9 Å². The number of benzene rings is 2. The number of rotatable bonds is 10. The summed E-state index contributed by atoms with van der Waals surface area (Å²) in [5.74, 6) is -2.59. The van der Waals surface area contributed by atoms with Crippen LogP contribution in [0.5, 0.6) is 23.0 Å². The number of carbonyl (C=O) groups excluding carboxylic acids is 2. The van der Waals surface area contributed by atoms with Crippen molar-refractivity contribution in [1.82, 2.24) is 5.48 Å². The molecule has 1 amide bonds. The third-order valence-electron chi connectivity index (χ3n) is 4.44. The molecule has 2 N–H and O–H groups in total. The van der Waals surface area contributed by atoms with E-state index in [0.717, 1.165) is 30.4 Å². The summed E-state index contributed by atoms with van der Waals surface area (Å²) in [4.78, 5) is 35.0. The number of nitrogens with one attached hydrogen (secondary N) is 1. The number of ketones is 1. The number of alkyl halides is 3. The van der Waals surface area contributed by atoms with E-state index in [1.165, 1.54) is 38.9 Å². The van der Waals surface area contributed by atoms with E-state index < -0.39 is 34.4 Å². The van der Waals surface area contributed by atoms with Gasteiger partial charge in [0.15, 0.2) is 11.5 Å². The Morgan fingerprint density at radius 1 is 1.03 bits per heavy atom. The highest BCUT2D eigenvalue weighted by Gasteiger charge is 2.32. The maximum atomic E-state index is 13.0. The van der Waals surface area contributed by atoms with Gasteiger partial charge < -0.3 is 18.9 Å². The average molecular weight is 512 g/mol. The Kier molecular flexibility index (Phi) is 8.99. The van der Waals surface area contributed by atoms with Crippen molar-refractivity contribution in [2.24, 2.45) is 0 Å². The van der Waals surface area contributed by atoms with Gasteiger partial charge in [0.1, 0.15) is 5.75 Å². The van der Waals surface area contributed by atoms with Crippen LogP contribution < -0.4 is 24.4 Å². The lowest BCUT2D eigenvalue weighted by Crippen LogP contribution is -2.18. The summed E-state index contributed by atoms with van der Waals surface area (Å²) in [5, 5.41) is 20.3. The molecule has 0 aliphatic rings. The van der Waals surface area contributed by atoms with E-state index in [-0.39, 0.29) is 33.9 Å². The Balaban J connectivity index is 2.60. The zero-order chi connectivity index (χ0) is 27.0. The molecule has 14 heteroatoms. The van der Waals surface area contributed by atoms with Crippen molar-refractivity contribution in [3.8, 4) is 23.0 Å². The number of amides is 1. The fourth-order valence-electron chi connectivity index (χ4n) is 2.93. The highest BCUT2D eigenvalue weighted by molar-refractivity contribution is 6.10. The van der Waals surface area contributed by atoms with Gasteiger partial charge in [-0.3, -0.25) is 24.9 Å². The maximum Gasteiger partial charge on any atom is 0.573 e. The van der Waals surface area contributed by atoms with Crippen molar-refractivity contribution in [2.75, 3.05) is 21.3 Å². The number of methoxy groups -OCH3 is 3. The fraction of sp³-hybridized carbons (Fsp3) is 0.182. The third-order valence-corrected chi connectivity index (χ3v) is 4.44. The predicted octanol–water partition coefficient (Wildman–Crippen LogP) is 3.63. The molecule has 0 saturated heterocycles. The van der Waals surface area contributed by atoms with Crippen LogP contribution in [0.1, 0.15) is 21.5 Å². The summed E-state index contributed by atoms with van der Waals surface area (Å²) in [7, 11) is 3.89. The number of hydroxylamine groups is 1.